The van der Waals surface area contributed by atoms with Crippen molar-refractivity contribution in [2.24, 2.45) is 0 Å². The molecule has 7 heteroatoms. The topological polar surface area (TPSA) is 58.6 Å². The van der Waals surface area contributed by atoms with Crippen LogP contribution in [0.2, 0.25) is 0 Å². The van der Waals surface area contributed by atoms with Crippen molar-refractivity contribution in [2.75, 3.05) is 84.1 Å². The third-order valence-electron chi connectivity index (χ3n) is 5.89. The summed E-state index contributed by atoms with van der Waals surface area (Å²) < 4.78 is 34.0. The maximum absolute atomic E-state index is 5.94. The van der Waals surface area contributed by atoms with Crippen molar-refractivity contribution in [1.29, 1.82) is 0 Å². The molecule has 0 radical (unpaired) electrons. The molecule has 32 heavy (non-hydrogen) atoms. The van der Waals surface area contributed by atoms with E-state index in [1.54, 1.807) is 0 Å². The van der Waals surface area contributed by atoms with Gasteiger partial charge in [-0.2, -0.15) is 0 Å². The number of allylic oxidation sites excluding steroid dienone is 1. The van der Waals surface area contributed by atoms with Gasteiger partial charge in [0.25, 0.3) is 0 Å². The second-order valence-corrected chi connectivity index (χ2v) is 8.57. The molecule has 0 amide bonds. The van der Waals surface area contributed by atoms with Gasteiger partial charge in [-0.15, -0.1) is 0 Å². The van der Waals surface area contributed by atoms with Crippen molar-refractivity contribution in [3.8, 4) is 0 Å². The zero-order chi connectivity index (χ0) is 22.7. The van der Waals surface area contributed by atoms with Gasteiger partial charge < -0.3 is 33.3 Å². The van der Waals surface area contributed by atoms with Crippen LogP contribution in [0.3, 0.4) is 0 Å². The van der Waals surface area contributed by atoms with Crippen LogP contribution in [0.5, 0.6) is 0 Å². The predicted octanol–water partition coefficient (Wildman–Crippen LogP) is 3.17. The number of hydrogen-bond acceptors (Lipinski definition) is 7. The Bertz CT molecular complexity index is 679. The van der Waals surface area contributed by atoms with Gasteiger partial charge in [0.1, 0.15) is 6.10 Å². The summed E-state index contributed by atoms with van der Waals surface area (Å²) >= 11 is 0. The maximum atomic E-state index is 5.94. The Hall–Kier alpha value is -1.48. The Kier molecular flexibility index (Phi) is 10.4. The molecular weight excluding hydrogens is 410 g/mol. The van der Waals surface area contributed by atoms with Gasteiger partial charge in [0.15, 0.2) is 0 Å². The molecule has 1 saturated heterocycles. The first-order valence-electron chi connectivity index (χ1n) is 11.7. The highest BCUT2D eigenvalue weighted by molar-refractivity contribution is 5.69. The number of para-hydroxylation sites is 1. The van der Waals surface area contributed by atoms with Gasteiger partial charge in [0.05, 0.1) is 66.1 Å². The lowest BCUT2D eigenvalue weighted by atomic mass is 9.84. The van der Waals surface area contributed by atoms with Crippen LogP contribution in [0.15, 0.2) is 36.5 Å². The van der Waals surface area contributed by atoms with Gasteiger partial charge in [-0.3, -0.25) is 0 Å². The van der Waals surface area contributed by atoms with Crippen LogP contribution in [0.25, 0.3) is 0 Å². The van der Waals surface area contributed by atoms with Crippen LogP contribution in [-0.2, 0) is 33.8 Å². The second-order valence-electron chi connectivity index (χ2n) is 8.57. The number of rotatable bonds is 6. The van der Waals surface area contributed by atoms with E-state index in [2.05, 4.69) is 49.6 Å². The molecule has 3 rings (SSSR count). The minimum atomic E-state index is -0.124. The molecule has 0 aliphatic carbocycles. The fraction of sp³-hybridized carbons (Fsp3) is 0.680. The number of nitrogens with zero attached hydrogens (tertiary/aromatic N) is 1. The summed E-state index contributed by atoms with van der Waals surface area (Å²) in [6, 6.07) is 8.56. The number of fused-ring (bicyclic) bond motifs is 1. The van der Waals surface area contributed by atoms with Crippen molar-refractivity contribution >= 4 is 5.69 Å². The lowest BCUT2D eigenvalue weighted by Gasteiger charge is -2.26. The summed E-state index contributed by atoms with van der Waals surface area (Å²) in [4.78, 5) is 2.32. The molecule has 1 unspecified atom stereocenters. The maximum Gasteiger partial charge on any atom is 0.104 e. The van der Waals surface area contributed by atoms with Gasteiger partial charge in [0, 0.05) is 30.0 Å². The molecule has 0 bridgehead atoms. The molecule has 0 aromatic heterocycles. The van der Waals surface area contributed by atoms with Gasteiger partial charge in [0.2, 0.25) is 0 Å². The number of anilines is 1. The normalized spacial score (nSPS) is 23.4. The number of benzene rings is 1. The lowest BCUT2D eigenvalue weighted by Crippen LogP contribution is -2.29. The Labute approximate surface area is 192 Å². The van der Waals surface area contributed by atoms with Crippen molar-refractivity contribution in [2.45, 2.75) is 31.8 Å². The molecule has 1 aromatic carbocycles. The van der Waals surface area contributed by atoms with Crippen molar-refractivity contribution in [3.05, 3.63) is 42.1 Å². The van der Waals surface area contributed by atoms with Crippen LogP contribution in [0.1, 0.15) is 25.8 Å². The Morgan fingerprint density at radius 1 is 0.938 bits per heavy atom. The van der Waals surface area contributed by atoms with Crippen molar-refractivity contribution in [3.63, 3.8) is 0 Å². The summed E-state index contributed by atoms with van der Waals surface area (Å²) in [5.41, 5.74) is 3.70. The molecule has 180 valence electrons. The standard InChI is InChI=1S/C25H39NO6/c1-21-25(2,3)23-7-4-5-8-24(23)26(21)9-6-10-30-19-22-20-31-16-15-28-12-11-27-13-14-29-17-18-32-22/h4-5,7-8,22H,1,6,9-20H2,2-3H3. The Morgan fingerprint density at radius 2 is 1.56 bits per heavy atom. The van der Waals surface area contributed by atoms with E-state index in [-0.39, 0.29) is 11.5 Å². The predicted molar refractivity (Wildman–Crippen MR) is 124 cm³/mol. The van der Waals surface area contributed by atoms with Crippen LogP contribution >= 0.6 is 0 Å². The summed E-state index contributed by atoms with van der Waals surface area (Å²) in [6.45, 7) is 15.7. The van der Waals surface area contributed by atoms with Crippen molar-refractivity contribution < 1.29 is 28.4 Å². The minimum Gasteiger partial charge on any atom is -0.379 e. The van der Waals surface area contributed by atoms with Crippen LogP contribution in [0.4, 0.5) is 5.69 Å². The summed E-state index contributed by atoms with van der Waals surface area (Å²) in [5.74, 6) is 0. The molecule has 7 nitrogen and oxygen atoms in total. The zero-order valence-corrected chi connectivity index (χ0v) is 19.7. The van der Waals surface area contributed by atoms with Crippen LogP contribution in [0, 0.1) is 0 Å². The van der Waals surface area contributed by atoms with E-state index in [1.165, 1.54) is 11.3 Å². The monoisotopic (exact) mass is 449 g/mol. The quantitative estimate of drug-likeness (QED) is 0.618. The fourth-order valence-corrected chi connectivity index (χ4v) is 3.96. The fourth-order valence-electron chi connectivity index (χ4n) is 3.96. The smallest absolute Gasteiger partial charge is 0.104 e. The van der Waals surface area contributed by atoms with E-state index in [4.69, 9.17) is 28.4 Å². The molecule has 0 saturated carbocycles. The number of hydrogen-bond donors (Lipinski definition) is 0. The average molecular weight is 450 g/mol. The summed E-state index contributed by atoms with van der Waals surface area (Å²) in [7, 11) is 0. The Balaban J connectivity index is 1.39. The molecule has 2 heterocycles. The third kappa shape index (κ3) is 7.27. The number of ether oxygens (including phenoxy) is 6. The van der Waals surface area contributed by atoms with E-state index >= 15 is 0 Å². The van der Waals surface area contributed by atoms with E-state index in [0.717, 1.165) is 18.7 Å². The summed E-state index contributed by atoms with van der Waals surface area (Å²) in [6.07, 6.45) is 0.787. The largest absolute Gasteiger partial charge is 0.379 e. The SMILES string of the molecule is C=C1N(CCCOCC2COCCOCCOCCOCCO2)c2ccccc2C1(C)C. The molecular formula is C25H39NO6. The van der Waals surface area contributed by atoms with Gasteiger partial charge in [-0.25, -0.2) is 0 Å². The van der Waals surface area contributed by atoms with Gasteiger partial charge >= 0.3 is 0 Å². The first-order chi connectivity index (χ1) is 15.6. The van der Waals surface area contributed by atoms with Crippen LogP contribution < -0.4 is 4.90 Å². The average Bonchev–Trinajstić information content (AvgIpc) is 2.98. The molecule has 2 aliphatic rings. The first kappa shape index (κ1) is 25.1. The Morgan fingerprint density at radius 3 is 2.28 bits per heavy atom. The third-order valence-corrected chi connectivity index (χ3v) is 5.89. The zero-order valence-electron chi connectivity index (χ0n) is 19.7. The van der Waals surface area contributed by atoms with E-state index in [1.807, 2.05) is 0 Å². The van der Waals surface area contributed by atoms with Crippen LogP contribution in [-0.4, -0.2) is 85.3 Å². The molecule has 0 spiro atoms. The molecule has 1 aromatic rings. The molecule has 1 fully saturated rings. The highest BCUT2D eigenvalue weighted by Crippen LogP contribution is 2.46. The molecule has 1 atom stereocenters. The summed E-state index contributed by atoms with van der Waals surface area (Å²) in [5, 5.41) is 0. The van der Waals surface area contributed by atoms with E-state index in [0.29, 0.717) is 72.7 Å². The minimum absolute atomic E-state index is 0.0366. The molecule has 0 N–H and O–H groups in total. The molecule has 2 aliphatic heterocycles. The first-order valence-corrected chi connectivity index (χ1v) is 11.7. The highest BCUT2D eigenvalue weighted by Gasteiger charge is 2.38. The highest BCUT2D eigenvalue weighted by atomic mass is 16.6. The van der Waals surface area contributed by atoms with E-state index in [9.17, 15) is 0 Å². The lowest BCUT2D eigenvalue weighted by molar-refractivity contribution is -0.0776. The van der Waals surface area contributed by atoms with Crippen molar-refractivity contribution in [1.82, 2.24) is 0 Å². The second kappa shape index (κ2) is 13.3. The van der Waals surface area contributed by atoms with E-state index < -0.39 is 0 Å². The van der Waals surface area contributed by atoms with Gasteiger partial charge in [-0.1, -0.05) is 38.6 Å². The van der Waals surface area contributed by atoms with Gasteiger partial charge in [-0.05, 0) is 18.1 Å².